The number of carbonyl (C=O) groups excluding carboxylic acids is 2. The number of likely N-dealkylation sites (tertiary alicyclic amines) is 1. The summed E-state index contributed by atoms with van der Waals surface area (Å²) in [5, 5.41) is 1.08. The normalized spacial score (nSPS) is 21.5. The number of amides is 2. The average Bonchev–Trinajstić information content (AvgIpc) is 3.88. The van der Waals surface area contributed by atoms with Gasteiger partial charge >= 0.3 is 0 Å². The van der Waals surface area contributed by atoms with Gasteiger partial charge in [-0.05, 0) is 53.4 Å². The summed E-state index contributed by atoms with van der Waals surface area (Å²) in [7, 11) is 3.28. The van der Waals surface area contributed by atoms with Gasteiger partial charge in [0.25, 0.3) is 0 Å². The van der Waals surface area contributed by atoms with Gasteiger partial charge in [-0.25, -0.2) is 0 Å². The zero-order chi connectivity index (χ0) is 34.2. The molecule has 2 amide bonds. The van der Waals surface area contributed by atoms with Crippen molar-refractivity contribution in [3.05, 3.63) is 83.0 Å². The topological polar surface area (TPSA) is 115 Å². The molecule has 0 unspecified atom stereocenters. The lowest BCUT2D eigenvalue weighted by Gasteiger charge is -2.48. The van der Waals surface area contributed by atoms with Crippen LogP contribution in [0.5, 0.6) is 23.0 Å². The first-order valence-electron chi connectivity index (χ1n) is 17.2. The monoisotopic (exact) mass is 682 g/mol. The van der Waals surface area contributed by atoms with Crippen molar-refractivity contribution in [2.75, 3.05) is 67.1 Å². The number of nitrogens with one attached hydrogen (secondary N) is 1. The van der Waals surface area contributed by atoms with E-state index < -0.39 is 12.1 Å². The molecule has 3 atom stereocenters. The summed E-state index contributed by atoms with van der Waals surface area (Å²) in [6.45, 7) is 4.17. The SMILES string of the molecule is COCCOc1ccc(CN2CC[C@@H](N3CC(=O)N4[C@H](c5ccc6c(c5)OCO6)c5[nH]c6ccccc6c5C[C@@H]4C3=O)C2)cc1OCCOC. The van der Waals surface area contributed by atoms with Crippen molar-refractivity contribution >= 4 is 22.7 Å². The van der Waals surface area contributed by atoms with E-state index in [4.69, 9.17) is 28.4 Å². The molecule has 4 aliphatic heterocycles. The number of hydrogen-bond donors (Lipinski definition) is 1. The molecule has 5 heterocycles. The van der Waals surface area contributed by atoms with Crippen LogP contribution in [0.1, 0.15) is 34.8 Å². The van der Waals surface area contributed by atoms with Gasteiger partial charge < -0.3 is 43.2 Å². The molecule has 50 heavy (non-hydrogen) atoms. The molecule has 1 N–H and O–H groups in total. The van der Waals surface area contributed by atoms with Crippen LogP contribution in [0.4, 0.5) is 0 Å². The highest BCUT2D eigenvalue weighted by Gasteiger charge is 2.50. The number of rotatable bonds is 12. The summed E-state index contributed by atoms with van der Waals surface area (Å²) in [6, 6.07) is 18.8. The van der Waals surface area contributed by atoms with E-state index >= 15 is 0 Å². The number of carbonyl (C=O) groups is 2. The number of aromatic amines is 1. The number of methoxy groups -OCH3 is 2. The summed E-state index contributed by atoms with van der Waals surface area (Å²) in [6.07, 6.45) is 1.26. The van der Waals surface area contributed by atoms with E-state index in [0.29, 0.717) is 68.9 Å². The Balaban J connectivity index is 1.02. The molecule has 12 nitrogen and oxygen atoms in total. The maximum atomic E-state index is 14.5. The van der Waals surface area contributed by atoms with E-state index in [9.17, 15) is 9.59 Å². The maximum absolute atomic E-state index is 14.5. The molecule has 8 rings (SSSR count). The Hall–Kier alpha value is -4.78. The van der Waals surface area contributed by atoms with Gasteiger partial charge in [-0.1, -0.05) is 30.3 Å². The minimum absolute atomic E-state index is 0.00418. The van der Waals surface area contributed by atoms with Crippen molar-refractivity contribution in [1.29, 1.82) is 0 Å². The van der Waals surface area contributed by atoms with Crippen LogP contribution in [-0.4, -0.2) is 111 Å². The summed E-state index contributed by atoms with van der Waals surface area (Å²) < 4.78 is 33.5. The summed E-state index contributed by atoms with van der Waals surface area (Å²) in [4.78, 5) is 38.3. The number of piperazine rings is 1. The minimum Gasteiger partial charge on any atom is -0.487 e. The van der Waals surface area contributed by atoms with Crippen molar-refractivity contribution in [1.82, 2.24) is 19.7 Å². The number of aromatic nitrogens is 1. The van der Waals surface area contributed by atoms with Gasteiger partial charge in [0.2, 0.25) is 18.6 Å². The molecule has 0 aliphatic carbocycles. The van der Waals surface area contributed by atoms with Crippen molar-refractivity contribution in [3.8, 4) is 23.0 Å². The molecule has 4 aromatic rings. The second-order valence-corrected chi connectivity index (χ2v) is 13.2. The van der Waals surface area contributed by atoms with E-state index in [2.05, 4.69) is 16.0 Å². The molecule has 12 heteroatoms. The summed E-state index contributed by atoms with van der Waals surface area (Å²) in [5.41, 5.74) is 4.99. The van der Waals surface area contributed by atoms with Gasteiger partial charge in [0, 0.05) is 62.9 Å². The largest absolute Gasteiger partial charge is 0.487 e. The lowest BCUT2D eigenvalue weighted by Crippen LogP contribution is -2.65. The van der Waals surface area contributed by atoms with Crippen LogP contribution in [0, 0.1) is 0 Å². The zero-order valence-electron chi connectivity index (χ0n) is 28.4. The Labute approximate surface area is 290 Å². The van der Waals surface area contributed by atoms with Gasteiger partial charge in [-0.15, -0.1) is 0 Å². The summed E-state index contributed by atoms with van der Waals surface area (Å²) >= 11 is 0. The van der Waals surface area contributed by atoms with Gasteiger partial charge in [0.05, 0.1) is 19.3 Å². The molecule has 262 valence electrons. The molecule has 1 aromatic heterocycles. The number of fused-ring (bicyclic) bond motifs is 5. The lowest BCUT2D eigenvalue weighted by molar-refractivity contribution is -0.160. The Kier molecular flexibility index (Phi) is 8.98. The van der Waals surface area contributed by atoms with E-state index in [1.165, 1.54) is 0 Å². The molecule has 3 aromatic carbocycles. The van der Waals surface area contributed by atoms with Crippen LogP contribution in [0.15, 0.2) is 60.7 Å². The molecule has 0 saturated carbocycles. The van der Waals surface area contributed by atoms with E-state index in [1.54, 1.807) is 14.2 Å². The third-order valence-electron chi connectivity index (χ3n) is 10.2. The highest BCUT2D eigenvalue weighted by molar-refractivity contribution is 5.98. The fourth-order valence-corrected chi connectivity index (χ4v) is 7.85. The second-order valence-electron chi connectivity index (χ2n) is 13.2. The predicted octanol–water partition coefficient (Wildman–Crippen LogP) is 3.91. The van der Waals surface area contributed by atoms with Gasteiger partial charge in [-0.3, -0.25) is 14.5 Å². The number of ether oxygens (including phenoxy) is 6. The number of hydrogen-bond acceptors (Lipinski definition) is 9. The first-order chi connectivity index (χ1) is 24.5. The minimum atomic E-state index is -0.607. The Bertz CT molecular complexity index is 1890. The van der Waals surface area contributed by atoms with Crippen molar-refractivity contribution in [3.63, 3.8) is 0 Å². The number of benzene rings is 3. The molecular weight excluding hydrogens is 640 g/mol. The Morgan fingerprint density at radius 2 is 1.68 bits per heavy atom. The molecule has 2 fully saturated rings. The highest BCUT2D eigenvalue weighted by Crippen LogP contribution is 2.45. The molecule has 2 saturated heterocycles. The fraction of sp³-hybridized carbons (Fsp3) is 0.421. The first kappa shape index (κ1) is 32.4. The van der Waals surface area contributed by atoms with Crippen molar-refractivity contribution in [2.24, 2.45) is 0 Å². The first-order valence-corrected chi connectivity index (χ1v) is 17.2. The highest BCUT2D eigenvalue weighted by atomic mass is 16.7. The summed E-state index contributed by atoms with van der Waals surface area (Å²) in [5.74, 6) is 2.60. The smallest absolute Gasteiger partial charge is 0.246 e. The van der Waals surface area contributed by atoms with Gasteiger partial charge in [0.1, 0.15) is 25.8 Å². The van der Waals surface area contributed by atoms with Crippen LogP contribution >= 0.6 is 0 Å². The van der Waals surface area contributed by atoms with Crippen LogP contribution in [0.2, 0.25) is 0 Å². The average molecular weight is 683 g/mol. The quantitative estimate of drug-likeness (QED) is 0.222. The fourth-order valence-electron chi connectivity index (χ4n) is 7.85. The van der Waals surface area contributed by atoms with Crippen LogP contribution in [0.25, 0.3) is 10.9 Å². The standard InChI is InChI=1S/C38H42N4O8/c1-45-13-15-47-31-9-7-24(17-33(31)48-16-14-46-2)20-40-12-11-26(21-40)41-22-35(43)42-30(38(41)44)19-28-27-5-3-4-6-29(27)39-36(28)37(42)25-8-10-32-34(18-25)50-23-49-32/h3-10,17-18,26,30,37,39H,11-16,19-23H2,1-2H3/t26-,30-,37-/m1/s1. The van der Waals surface area contributed by atoms with E-state index in [-0.39, 0.29) is 31.2 Å². The predicted molar refractivity (Wildman–Crippen MR) is 184 cm³/mol. The van der Waals surface area contributed by atoms with E-state index in [0.717, 1.165) is 46.3 Å². The van der Waals surface area contributed by atoms with Crippen LogP contribution in [-0.2, 0) is 32.0 Å². The van der Waals surface area contributed by atoms with Crippen LogP contribution < -0.4 is 18.9 Å². The molecular formula is C38H42N4O8. The van der Waals surface area contributed by atoms with Crippen LogP contribution in [0.3, 0.4) is 0 Å². The van der Waals surface area contributed by atoms with Gasteiger partial charge in [-0.2, -0.15) is 0 Å². The zero-order valence-corrected chi connectivity index (χ0v) is 28.4. The van der Waals surface area contributed by atoms with Crippen molar-refractivity contribution < 1.29 is 38.0 Å². The molecule has 0 radical (unpaired) electrons. The van der Waals surface area contributed by atoms with E-state index in [1.807, 2.05) is 64.4 Å². The number of para-hydroxylation sites is 1. The lowest BCUT2D eigenvalue weighted by atomic mass is 9.85. The Morgan fingerprint density at radius 3 is 2.52 bits per heavy atom. The number of nitrogens with zero attached hydrogens (tertiary/aromatic N) is 3. The maximum Gasteiger partial charge on any atom is 0.246 e. The third-order valence-corrected chi connectivity index (χ3v) is 10.2. The second kappa shape index (κ2) is 13.9. The van der Waals surface area contributed by atoms with Crippen molar-refractivity contribution in [2.45, 2.75) is 37.5 Å². The Morgan fingerprint density at radius 1 is 0.880 bits per heavy atom. The molecule has 0 bridgehead atoms. The molecule has 0 spiro atoms. The third kappa shape index (κ3) is 6.01. The molecule has 4 aliphatic rings. The van der Waals surface area contributed by atoms with Gasteiger partial charge in [0.15, 0.2) is 23.0 Å². The number of H-pyrrole nitrogens is 1.